The molecule has 0 aliphatic heterocycles. The third kappa shape index (κ3) is 2.41. The van der Waals surface area contributed by atoms with Crippen LogP contribution >= 0.6 is 0 Å². The monoisotopic (exact) mass is 318 g/mol. The summed E-state index contributed by atoms with van der Waals surface area (Å²) < 4.78 is 54.4. The first kappa shape index (κ1) is 14.5. The van der Waals surface area contributed by atoms with Crippen molar-refractivity contribution in [1.29, 1.82) is 0 Å². The lowest BCUT2D eigenvalue weighted by Gasteiger charge is -2.10. The van der Waals surface area contributed by atoms with Crippen LogP contribution in [0.1, 0.15) is 0 Å². The van der Waals surface area contributed by atoms with Gasteiger partial charge in [-0.15, -0.1) is 0 Å². The van der Waals surface area contributed by atoms with Crippen LogP contribution in [0.5, 0.6) is 5.75 Å². The van der Waals surface area contributed by atoms with Gasteiger partial charge < -0.3 is 10.8 Å². The number of aromatic hydroxyl groups is 1. The summed E-state index contributed by atoms with van der Waals surface area (Å²) in [5, 5.41) is 14.7. The van der Waals surface area contributed by atoms with Gasteiger partial charge in [-0.3, -0.25) is 4.55 Å². The highest BCUT2D eigenvalue weighted by molar-refractivity contribution is 7.89. The predicted molar refractivity (Wildman–Crippen MR) is 71.2 cm³/mol. The number of sulfonamides is 1. The van der Waals surface area contributed by atoms with E-state index >= 15 is 0 Å². The number of phenolic OH excluding ortho intramolecular Hbond substituents is 1. The van der Waals surface area contributed by atoms with Crippen molar-refractivity contribution >= 4 is 36.6 Å². The zero-order chi connectivity index (χ0) is 15.3. The third-order valence-corrected chi connectivity index (χ3v) is 4.46. The van der Waals surface area contributed by atoms with Crippen LogP contribution in [-0.2, 0) is 20.1 Å². The molecule has 0 fully saturated rings. The summed E-state index contributed by atoms with van der Waals surface area (Å²) in [5.74, 6) is -0.804. The smallest absolute Gasteiger partial charge is 0.298 e. The van der Waals surface area contributed by atoms with Crippen molar-refractivity contribution in [3.05, 3.63) is 24.3 Å². The van der Waals surface area contributed by atoms with Crippen LogP contribution in [0.3, 0.4) is 0 Å². The molecule has 0 radical (unpaired) electrons. The molecule has 0 aliphatic carbocycles. The van der Waals surface area contributed by atoms with Crippen molar-refractivity contribution in [2.75, 3.05) is 5.73 Å². The van der Waals surface area contributed by atoms with E-state index in [4.69, 9.17) is 15.4 Å². The first-order chi connectivity index (χ1) is 9.01. The van der Waals surface area contributed by atoms with Gasteiger partial charge in [0.05, 0.1) is 4.90 Å². The fourth-order valence-electron chi connectivity index (χ4n) is 1.80. The third-order valence-electron chi connectivity index (χ3n) is 2.64. The zero-order valence-electron chi connectivity index (χ0n) is 9.81. The van der Waals surface area contributed by atoms with Gasteiger partial charge in [-0.2, -0.15) is 8.42 Å². The van der Waals surface area contributed by atoms with Gasteiger partial charge in [0.15, 0.2) is 0 Å². The Bertz CT molecular complexity index is 918. The largest absolute Gasteiger partial charge is 0.506 e. The standard InChI is InChI=1S/C10H10N2O6S2/c11-5-1-2-6-7(3-5)10(13)9(20(16,17)18)4-8(6)19(12,14)15/h1-4,13H,11H2,(H2,12,14,15)(H,16,17,18). The Balaban J connectivity index is 3.12. The molecule has 2 rings (SSSR count). The lowest BCUT2D eigenvalue weighted by molar-refractivity contribution is 0.447. The predicted octanol–water partition coefficient (Wildman–Crippen LogP) is 0.0217. The Labute approximate surface area is 114 Å². The number of benzene rings is 2. The van der Waals surface area contributed by atoms with Crippen molar-refractivity contribution in [1.82, 2.24) is 0 Å². The molecular weight excluding hydrogens is 308 g/mol. The Morgan fingerprint density at radius 2 is 1.55 bits per heavy atom. The summed E-state index contributed by atoms with van der Waals surface area (Å²) in [5.41, 5.74) is 5.67. The van der Waals surface area contributed by atoms with Crippen LogP contribution in [0.4, 0.5) is 5.69 Å². The van der Waals surface area contributed by atoms with Gasteiger partial charge in [-0.1, -0.05) is 6.07 Å². The number of hydrogen-bond donors (Lipinski definition) is 4. The first-order valence-corrected chi connectivity index (χ1v) is 8.06. The molecule has 0 bridgehead atoms. The van der Waals surface area contributed by atoms with Gasteiger partial charge >= 0.3 is 0 Å². The van der Waals surface area contributed by atoms with Crippen molar-refractivity contribution in [2.24, 2.45) is 5.14 Å². The highest BCUT2D eigenvalue weighted by Gasteiger charge is 2.24. The van der Waals surface area contributed by atoms with E-state index in [1.165, 1.54) is 18.2 Å². The fraction of sp³-hybridized carbons (Fsp3) is 0. The maximum atomic E-state index is 11.5. The minimum absolute atomic E-state index is 0.00778. The number of nitrogens with two attached hydrogens (primary N) is 2. The van der Waals surface area contributed by atoms with Gasteiger partial charge in [-0.25, -0.2) is 13.6 Å². The zero-order valence-corrected chi connectivity index (χ0v) is 11.4. The van der Waals surface area contributed by atoms with Crippen LogP contribution in [-0.4, -0.2) is 26.5 Å². The average Bonchev–Trinajstić information content (AvgIpc) is 2.26. The molecule has 0 aromatic heterocycles. The van der Waals surface area contributed by atoms with E-state index in [0.29, 0.717) is 6.07 Å². The van der Waals surface area contributed by atoms with E-state index in [-0.39, 0.29) is 16.5 Å². The van der Waals surface area contributed by atoms with Crippen LogP contribution in [0.15, 0.2) is 34.1 Å². The van der Waals surface area contributed by atoms with Crippen molar-refractivity contribution < 1.29 is 26.5 Å². The number of primary sulfonamides is 1. The summed E-state index contributed by atoms with van der Waals surface area (Å²) in [6.45, 7) is 0. The molecule has 0 aliphatic rings. The van der Waals surface area contributed by atoms with Crippen LogP contribution in [0, 0.1) is 0 Å². The Kier molecular flexibility index (Phi) is 3.13. The van der Waals surface area contributed by atoms with Gasteiger partial charge in [-0.05, 0) is 18.2 Å². The van der Waals surface area contributed by atoms with Crippen LogP contribution in [0.25, 0.3) is 10.8 Å². The second kappa shape index (κ2) is 4.31. The highest BCUT2D eigenvalue weighted by atomic mass is 32.2. The maximum Gasteiger partial charge on any atom is 0.298 e. The molecule has 6 N–H and O–H groups in total. The Morgan fingerprint density at radius 3 is 2.05 bits per heavy atom. The second-order valence-electron chi connectivity index (χ2n) is 4.05. The van der Waals surface area contributed by atoms with E-state index in [9.17, 15) is 21.9 Å². The fourth-order valence-corrected chi connectivity index (χ4v) is 3.26. The molecular formula is C10H10N2O6S2. The Hall–Kier alpha value is -1.88. The van der Waals surface area contributed by atoms with Crippen LogP contribution in [0.2, 0.25) is 0 Å². The van der Waals surface area contributed by atoms with Gasteiger partial charge in [0, 0.05) is 16.5 Å². The van der Waals surface area contributed by atoms with Crippen molar-refractivity contribution in [3.63, 3.8) is 0 Å². The van der Waals surface area contributed by atoms with E-state index < -0.39 is 35.7 Å². The molecule has 0 spiro atoms. The topological polar surface area (TPSA) is 161 Å². The molecule has 20 heavy (non-hydrogen) atoms. The normalized spacial score (nSPS) is 12.7. The average molecular weight is 318 g/mol. The van der Waals surface area contributed by atoms with Gasteiger partial charge in [0.2, 0.25) is 10.0 Å². The molecule has 2 aromatic carbocycles. The quantitative estimate of drug-likeness (QED) is 0.448. The molecule has 8 nitrogen and oxygen atoms in total. The molecule has 10 heteroatoms. The van der Waals surface area contributed by atoms with Crippen LogP contribution < -0.4 is 10.9 Å². The van der Waals surface area contributed by atoms with Gasteiger partial charge in [0.25, 0.3) is 10.1 Å². The lowest BCUT2D eigenvalue weighted by Crippen LogP contribution is -2.14. The Morgan fingerprint density at radius 1 is 0.950 bits per heavy atom. The van der Waals surface area contributed by atoms with E-state index in [1.54, 1.807) is 0 Å². The summed E-state index contributed by atoms with van der Waals surface area (Å²) in [7, 11) is -9.10. The number of hydrogen-bond acceptors (Lipinski definition) is 6. The minimum atomic E-state index is -4.83. The van der Waals surface area contributed by atoms with Gasteiger partial charge in [0.1, 0.15) is 10.6 Å². The number of nitrogen functional groups attached to an aromatic ring is 1. The molecule has 0 heterocycles. The summed E-state index contributed by atoms with van der Waals surface area (Å²) >= 11 is 0. The number of fused-ring (bicyclic) bond motifs is 1. The van der Waals surface area contributed by atoms with E-state index in [1.807, 2.05) is 0 Å². The molecule has 0 amide bonds. The van der Waals surface area contributed by atoms with Crippen molar-refractivity contribution in [2.45, 2.75) is 9.79 Å². The summed E-state index contributed by atoms with van der Waals surface area (Å²) in [6.07, 6.45) is 0. The molecule has 0 saturated heterocycles. The number of phenols is 1. The lowest BCUT2D eigenvalue weighted by atomic mass is 10.1. The minimum Gasteiger partial charge on any atom is -0.506 e. The molecule has 0 atom stereocenters. The van der Waals surface area contributed by atoms with E-state index in [2.05, 4.69) is 0 Å². The first-order valence-electron chi connectivity index (χ1n) is 5.07. The number of rotatable bonds is 2. The highest BCUT2D eigenvalue weighted by Crippen LogP contribution is 2.36. The number of anilines is 1. The molecule has 2 aromatic rings. The summed E-state index contributed by atoms with van der Waals surface area (Å²) in [4.78, 5) is -1.50. The second-order valence-corrected chi connectivity index (χ2v) is 6.97. The SMILES string of the molecule is Nc1ccc2c(S(N)(=O)=O)cc(S(=O)(=O)O)c(O)c2c1. The van der Waals surface area contributed by atoms with Crippen molar-refractivity contribution in [3.8, 4) is 5.75 Å². The maximum absolute atomic E-state index is 11.5. The van der Waals surface area contributed by atoms with E-state index in [0.717, 1.165) is 0 Å². The molecule has 108 valence electrons. The summed E-state index contributed by atoms with van der Waals surface area (Å²) in [6, 6.07) is 4.41. The molecule has 0 unspecified atom stereocenters. The molecule has 0 saturated carbocycles.